The first kappa shape index (κ1) is 19.6. The predicted molar refractivity (Wildman–Crippen MR) is 113 cm³/mol. The number of nitrogens with one attached hydrogen (secondary N) is 1. The molecule has 0 unspecified atom stereocenters. The Bertz CT molecular complexity index is 1130. The Hall–Kier alpha value is -2.72. The Labute approximate surface area is 170 Å². The van der Waals surface area contributed by atoms with Gasteiger partial charge >= 0.3 is 0 Å². The molecule has 9 nitrogen and oxygen atoms in total. The number of pyridine rings is 1. The lowest BCUT2D eigenvalue weighted by Gasteiger charge is -2.33. The number of piperidine rings is 1. The molecular formula is C19H25N7O2S. The van der Waals surface area contributed by atoms with Crippen molar-refractivity contribution < 1.29 is 8.42 Å². The number of hydrogen-bond acceptors (Lipinski definition) is 7. The third-order valence-electron chi connectivity index (χ3n) is 5.10. The molecule has 0 aromatic carbocycles. The minimum Gasteiger partial charge on any atom is -0.398 e. The standard InChI is InChI=1S/C19H25N7O2S/c1-13(2)29(27,28)25-9-3-4-15(12-25)23-17-7-8-21-19(24-17)16-10-22-18-6-5-14(20)11-26(16)18/h5-8,10-11,13,15H,3-4,9,12,20H2,1-2H3,(H,21,23,24)/t15-/m1/s1. The van der Waals surface area contributed by atoms with Gasteiger partial charge in [0.1, 0.15) is 17.2 Å². The van der Waals surface area contributed by atoms with Gasteiger partial charge in [-0.3, -0.25) is 4.40 Å². The lowest BCUT2D eigenvalue weighted by Crippen LogP contribution is -2.47. The van der Waals surface area contributed by atoms with Gasteiger partial charge in [-0.05, 0) is 44.9 Å². The number of anilines is 2. The van der Waals surface area contributed by atoms with Crippen molar-refractivity contribution >= 4 is 27.2 Å². The molecule has 3 N–H and O–H groups in total. The van der Waals surface area contributed by atoms with E-state index in [1.165, 1.54) is 0 Å². The summed E-state index contributed by atoms with van der Waals surface area (Å²) in [5.41, 5.74) is 8.02. The van der Waals surface area contributed by atoms with E-state index in [0.29, 0.717) is 30.4 Å². The van der Waals surface area contributed by atoms with Crippen LogP contribution in [-0.2, 0) is 10.0 Å². The quantitative estimate of drug-likeness (QED) is 0.654. The molecule has 3 aromatic heterocycles. The number of sulfonamides is 1. The molecular weight excluding hydrogens is 390 g/mol. The average Bonchev–Trinajstić information content (AvgIpc) is 3.11. The first-order valence-electron chi connectivity index (χ1n) is 9.66. The molecule has 1 fully saturated rings. The average molecular weight is 416 g/mol. The summed E-state index contributed by atoms with van der Waals surface area (Å²) < 4.78 is 28.4. The summed E-state index contributed by atoms with van der Waals surface area (Å²) >= 11 is 0. The maximum Gasteiger partial charge on any atom is 0.216 e. The summed E-state index contributed by atoms with van der Waals surface area (Å²) in [5.74, 6) is 1.18. The first-order valence-corrected chi connectivity index (χ1v) is 11.2. The minimum atomic E-state index is -3.26. The Morgan fingerprint density at radius 1 is 1.24 bits per heavy atom. The van der Waals surface area contributed by atoms with Gasteiger partial charge in [0.15, 0.2) is 5.82 Å². The summed E-state index contributed by atoms with van der Waals surface area (Å²) in [6.45, 7) is 4.43. The van der Waals surface area contributed by atoms with Crippen LogP contribution in [0.15, 0.2) is 36.8 Å². The molecule has 0 saturated carbocycles. The van der Waals surface area contributed by atoms with Crippen LogP contribution in [0.4, 0.5) is 11.5 Å². The molecule has 1 atom stereocenters. The molecule has 4 rings (SSSR count). The summed E-state index contributed by atoms with van der Waals surface area (Å²) in [7, 11) is -3.26. The summed E-state index contributed by atoms with van der Waals surface area (Å²) in [6, 6.07) is 5.42. The van der Waals surface area contributed by atoms with Crippen molar-refractivity contribution in [2.45, 2.75) is 38.0 Å². The van der Waals surface area contributed by atoms with Crippen LogP contribution in [0.1, 0.15) is 26.7 Å². The Balaban J connectivity index is 1.56. The van der Waals surface area contributed by atoms with E-state index >= 15 is 0 Å². The van der Waals surface area contributed by atoms with Gasteiger partial charge < -0.3 is 11.1 Å². The number of fused-ring (bicyclic) bond motifs is 1. The van der Waals surface area contributed by atoms with Crippen molar-refractivity contribution in [2.75, 3.05) is 24.1 Å². The van der Waals surface area contributed by atoms with E-state index in [-0.39, 0.29) is 6.04 Å². The zero-order valence-electron chi connectivity index (χ0n) is 16.5. The molecule has 3 aromatic rings. The first-order chi connectivity index (χ1) is 13.8. The maximum atomic E-state index is 12.5. The molecule has 1 saturated heterocycles. The van der Waals surface area contributed by atoms with Crippen LogP contribution < -0.4 is 11.1 Å². The van der Waals surface area contributed by atoms with E-state index in [1.54, 1.807) is 48.9 Å². The van der Waals surface area contributed by atoms with Crippen LogP contribution >= 0.6 is 0 Å². The maximum absolute atomic E-state index is 12.5. The van der Waals surface area contributed by atoms with Crippen LogP contribution in [0.2, 0.25) is 0 Å². The third kappa shape index (κ3) is 3.90. The SMILES string of the molecule is CC(C)S(=O)(=O)N1CCC[C@@H](Nc2ccnc(-c3cnc4ccc(N)cn34)n2)C1. The van der Waals surface area contributed by atoms with Crippen molar-refractivity contribution in [2.24, 2.45) is 0 Å². The molecule has 0 aliphatic carbocycles. The molecule has 1 aliphatic heterocycles. The largest absolute Gasteiger partial charge is 0.398 e. The van der Waals surface area contributed by atoms with E-state index in [4.69, 9.17) is 5.73 Å². The normalized spacial score (nSPS) is 18.4. The number of nitrogen functional groups attached to an aromatic ring is 1. The number of imidazole rings is 1. The second-order valence-corrected chi connectivity index (χ2v) is 10.0. The molecule has 0 spiro atoms. The second-order valence-electron chi connectivity index (χ2n) is 7.53. The molecule has 10 heteroatoms. The molecule has 0 bridgehead atoms. The molecule has 0 radical (unpaired) electrons. The number of hydrogen-bond donors (Lipinski definition) is 2. The zero-order chi connectivity index (χ0) is 20.6. The van der Waals surface area contributed by atoms with E-state index in [2.05, 4.69) is 20.3 Å². The fourth-order valence-corrected chi connectivity index (χ4v) is 4.89. The monoisotopic (exact) mass is 415 g/mol. The highest BCUT2D eigenvalue weighted by atomic mass is 32.2. The Morgan fingerprint density at radius 2 is 2.07 bits per heavy atom. The highest BCUT2D eigenvalue weighted by Gasteiger charge is 2.31. The third-order valence-corrected chi connectivity index (χ3v) is 7.35. The lowest BCUT2D eigenvalue weighted by atomic mass is 10.1. The van der Waals surface area contributed by atoms with Crippen LogP contribution in [-0.4, -0.2) is 56.5 Å². The van der Waals surface area contributed by atoms with Gasteiger partial charge in [-0.1, -0.05) is 0 Å². The van der Waals surface area contributed by atoms with Crippen molar-refractivity contribution in [1.29, 1.82) is 0 Å². The highest BCUT2D eigenvalue weighted by Crippen LogP contribution is 2.22. The van der Waals surface area contributed by atoms with Gasteiger partial charge in [0.25, 0.3) is 0 Å². The predicted octanol–water partition coefficient (Wildman–Crippen LogP) is 1.99. The van der Waals surface area contributed by atoms with Gasteiger partial charge in [0.2, 0.25) is 10.0 Å². The molecule has 4 heterocycles. The Morgan fingerprint density at radius 3 is 2.86 bits per heavy atom. The summed E-state index contributed by atoms with van der Waals surface area (Å²) in [6.07, 6.45) is 6.88. The van der Waals surface area contributed by atoms with E-state index < -0.39 is 15.3 Å². The zero-order valence-corrected chi connectivity index (χ0v) is 17.3. The van der Waals surface area contributed by atoms with Crippen LogP contribution in [0.3, 0.4) is 0 Å². The fraction of sp³-hybridized carbons (Fsp3) is 0.421. The van der Waals surface area contributed by atoms with E-state index in [1.807, 2.05) is 10.5 Å². The highest BCUT2D eigenvalue weighted by molar-refractivity contribution is 7.89. The number of nitrogens with zero attached hydrogens (tertiary/aromatic N) is 5. The molecule has 1 aliphatic rings. The fourth-order valence-electron chi connectivity index (χ4n) is 3.52. The van der Waals surface area contributed by atoms with Crippen molar-refractivity contribution in [3.05, 3.63) is 36.8 Å². The number of aromatic nitrogens is 4. The smallest absolute Gasteiger partial charge is 0.216 e. The van der Waals surface area contributed by atoms with Gasteiger partial charge in [0.05, 0.1) is 11.4 Å². The van der Waals surface area contributed by atoms with E-state index in [0.717, 1.165) is 24.2 Å². The van der Waals surface area contributed by atoms with Gasteiger partial charge in [-0.2, -0.15) is 4.31 Å². The lowest BCUT2D eigenvalue weighted by molar-refractivity contribution is 0.324. The summed E-state index contributed by atoms with van der Waals surface area (Å²) in [4.78, 5) is 13.4. The molecule has 154 valence electrons. The van der Waals surface area contributed by atoms with Crippen molar-refractivity contribution in [1.82, 2.24) is 23.7 Å². The topological polar surface area (TPSA) is 119 Å². The summed E-state index contributed by atoms with van der Waals surface area (Å²) in [5, 5.41) is 2.95. The van der Waals surface area contributed by atoms with Gasteiger partial charge in [-0.15, -0.1) is 0 Å². The van der Waals surface area contributed by atoms with Crippen LogP contribution in [0, 0.1) is 0 Å². The van der Waals surface area contributed by atoms with Crippen molar-refractivity contribution in [3.8, 4) is 11.5 Å². The molecule has 0 amide bonds. The number of nitrogens with two attached hydrogens (primary N) is 1. The minimum absolute atomic E-state index is 0.00199. The Kier molecular flexibility index (Phi) is 5.13. The van der Waals surface area contributed by atoms with Gasteiger partial charge in [-0.25, -0.2) is 23.4 Å². The van der Waals surface area contributed by atoms with Crippen LogP contribution in [0.25, 0.3) is 17.2 Å². The van der Waals surface area contributed by atoms with Crippen molar-refractivity contribution in [3.63, 3.8) is 0 Å². The number of rotatable bonds is 5. The van der Waals surface area contributed by atoms with Gasteiger partial charge in [0, 0.05) is 37.2 Å². The van der Waals surface area contributed by atoms with E-state index in [9.17, 15) is 8.42 Å². The molecule has 29 heavy (non-hydrogen) atoms. The second kappa shape index (κ2) is 7.60. The van der Waals surface area contributed by atoms with Crippen LogP contribution in [0.5, 0.6) is 0 Å².